The van der Waals surface area contributed by atoms with Crippen LogP contribution in [0.2, 0.25) is 0 Å². The molecule has 1 atom stereocenters. The van der Waals surface area contributed by atoms with Gasteiger partial charge >= 0.3 is 5.97 Å². The number of likely N-dealkylation sites (tertiary alicyclic amines) is 1. The molecule has 31 heavy (non-hydrogen) atoms. The van der Waals surface area contributed by atoms with Crippen LogP contribution in [-0.2, 0) is 14.3 Å². The summed E-state index contributed by atoms with van der Waals surface area (Å²) < 4.78 is 7.97. The molecule has 2 amide bonds. The standard InChI is InChI=1S/C21H28I3N3O4/c1-10(28)25-17-14(22)13(15(23)18(16(17)24)26(7)11(2)29)19(30)31-12-9-20(3,4)27(8)21(12,5)6/h12H,9H2,1-8H3,(H,25,28). The van der Waals surface area contributed by atoms with Crippen molar-refractivity contribution in [2.45, 2.75) is 65.1 Å². The Morgan fingerprint density at radius 1 is 1.06 bits per heavy atom. The monoisotopic (exact) mass is 767 g/mol. The number of halogens is 3. The van der Waals surface area contributed by atoms with E-state index in [1.165, 1.54) is 18.7 Å². The summed E-state index contributed by atoms with van der Waals surface area (Å²) in [5, 5.41) is 2.82. The van der Waals surface area contributed by atoms with Gasteiger partial charge in [-0.2, -0.15) is 0 Å². The SMILES string of the molecule is CC(=O)Nc1c(I)c(C(=O)OC2CC(C)(C)N(C)C2(C)C)c(I)c(N(C)C(C)=O)c1I. The smallest absolute Gasteiger partial charge is 0.340 e. The van der Waals surface area contributed by atoms with Crippen LogP contribution in [0.5, 0.6) is 0 Å². The van der Waals surface area contributed by atoms with E-state index < -0.39 is 5.97 Å². The van der Waals surface area contributed by atoms with Gasteiger partial charge < -0.3 is 15.0 Å². The minimum atomic E-state index is -0.459. The number of nitrogens with zero attached hydrogens (tertiary/aromatic N) is 2. The molecule has 1 fully saturated rings. The van der Waals surface area contributed by atoms with Gasteiger partial charge in [-0.15, -0.1) is 0 Å². The second-order valence-electron chi connectivity index (χ2n) is 8.92. The zero-order valence-corrected chi connectivity index (χ0v) is 25.4. The first-order chi connectivity index (χ1) is 14.0. The molecule has 1 aliphatic heterocycles. The van der Waals surface area contributed by atoms with Gasteiger partial charge in [0.15, 0.2) is 0 Å². The number of esters is 1. The molecule has 0 spiro atoms. The molecule has 1 N–H and O–H groups in total. The molecule has 0 aliphatic carbocycles. The quantitative estimate of drug-likeness (QED) is 0.350. The third-order valence-corrected chi connectivity index (χ3v) is 9.28. The number of hydrogen-bond donors (Lipinski definition) is 1. The molecular formula is C21H28I3N3O4. The van der Waals surface area contributed by atoms with Crippen molar-refractivity contribution in [3.05, 3.63) is 16.3 Å². The summed E-state index contributed by atoms with van der Waals surface area (Å²) in [5.74, 6) is -0.891. The Balaban J connectivity index is 2.62. The summed E-state index contributed by atoms with van der Waals surface area (Å²) in [6.07, 6.45) is 0.405. The van der Waals surface area contributed by atoms with Gasteiger partial charge in [0.2, 0.25) is 11.8 Å². The van der Waals surface area contributed by atoms with E-state index in [9.17, 15) is 14.4 Å². The molecule has 0 aromatic heterocycles. The van der Waals surface area contributed by atoms with Gasteiger partial charge in [0.1, 0.15) is 6.10 Å². The zero-order valence-electron chi connectivity index (χ0n) is 18.9. The first-order valence-corrected chi connectivity index (χ1v) is 12.9. The maximum Gasteiger partial charge on any atom is 0.340 e. The lowest BCUT2D eigenvalue weighted by molar-refractivity contribution is -0.116. The molecule has 1 heterocycles. The lowest BCUT2D eigenvalue weighted by atomic mass is 9.97. The van der Waals surface area contributed by atoms with Crippen LogP contribution in [-0.4, -0.2) is 54.0 Å². The number of ether oxygens (including phenoxy) is 1. The zero-order chi connectivity index (χ0) is 24.0. The number of benzene rings is 1. The summed E-state index contributed by atoms with van der Waals surface area (Å²) in [6.45, 7) is 11.3. The lowest BCUT2D eigenvalue weighted by Crippen LogP contribution is -2.48. The summed E-state index contributed by atoms with van der Waals surface area (Å²) in [7, 11) is 3.69. The van der Waals surface area contributed by atoms with E-state index in [4.69, 9.17) is 4.74 Å². The largest absolute Gasteiger partial charge is 0.457 e. The van der Waals surface area contributed by atoms with Crippen LogP contribution in [0.15, 0.2) is 0 Å². The minimum absolute atomic E-state index is 0.109. The van der Waals surface area contributed by atoms with Crippen LogP contribution in [0.25, 0.3) is 0 Å². The Morgan fingerprint density at radius 3 is 2.03 bits per heavy atom. The fourth-order valence-corrected chi connectivity index (χ4v) is 8.38. The van der Waals surface area contributed by atoms with Crippen LogP contribution in [0, 0.1) is 10.7 Å². The highest BCUT2D eigenvalue weighted by atomic mass is 127. The van der Waals surface area contributed by atoms with E-state index >= 15 is 0 Å². The third-order valence-electron chi connectivity index (χ3n) is 6.10. The average Bonchev–Trinajstić information content (AvgIpc) is 2.77. The highest BCUT2D eigenvalue weighted by Gasteiger charge is 2.51. The Labute approximate surface area is 224 Å². The molecule has 1 unspecified atom stereocenters. The summed E-state index contributed by atoms with van der Waals surface area (Å²) in [5.41, 5.74) is 0.998. The number of likely N-dealkylation sites (N-methyl/N-ethyl adjacent to an activating group) is 1. The summed E-state index contributed by atoms with van der Waals surface area (Å²) in [6, 6.07) is 0. The van der Waals surface area contributed by atoms with Crippen molar-refractivity contribution in [2.24, 2.45) is 0 Å². The van der Waals surface area contributed by atoms with Gasteiger partial charge in [-0.1, -0.05) is 0 Å². The molecule has 172 valence electrons. The average molecular weight is 767 g/mol. The van der Waals surface area contributed by atoms with Gasteiger partial charge in [0.25, 0.3) is 0 Å². The van der Waals surface area contributed by atoms with Gasteiger partial charge in [-0.3, -0.25) is 14.5 Å². The maximum absolute atomic E-state index is 13.5. The predicted molar refractivity (Wildman–Crippen MR) is 148 cm³/mol. The Hall–Kier alpha value is -0.220. The second-order valence-corrected chi connectivity index (χ2v) is 12.2. The number of nitrogens with one attached hydrogen (secondary N) is 1. The predicted octanol–water partition coefficient (Wildman–Crippen LogP) is 4.86. The summed E-state index contributed by atoms with van der Waals surface area (Å²) >= 11 is 6.25. The third kappa shape index (κ3) is 5.15. The number of rotatable bonds is 4. The Bertz CT molecular complexity index is 947. The fraction of sp³-hybridized carbons (Fsp3) is 0.571. The Kier molecular flexibility index (Phi) is 8.34. The van der Waals surface area contributed by atoms with Crippen LogP contribution >= 0.6 is 67.8 Å². The van der Waals surface area contributed by atoms with E-state index in [2.05, 4.69) is 106 Å². The molecular weight excluding hydrogens is 739 g/mol. The van der Waals surface area contributed by atoms with Crippen molar-refractivity contribution in [3.8, 4) is 0 Å². The highest BCUT2D eigenvalue weighted by Crippen LogP contribution is 2.44. The number of carbonyl (C=O) groups excluding carboxylic acids is 3. The normalized spacial score (nSPS) is 19.8. The van der Waals surface area contributed by atoms with Crippen molar-refractivity contribution in [2.75, 3.05) is 24.3 Å². The molecule has 7 nitrogen and oxygen atoms in total. The molecule has 1 aliphatic rings. The van der Waals surface area contributed by atoms with Gasteiger partial charge in [0, 0.05) is 32.9 Å². The Morgan fingerprint density at radius 2 is 1.61 bits per heavy atom. The van der Waals surface area contributed by atoms with Gasteiger partial charge in [-0.25, -0.2) is 4.79 Å². The molecule has 1 aromatic rings. The van der Waals surface area contributed by atoms with Crippen molar-refractivity contribution >= 4 is 96.9 Å². The molecule has 10 heteroatoms. The van der Waals surface area contributed by atoms with Crippen LogP contribution in [0.3, 0.4) is 0 Å². The van der Waals surface area contributed by atoms with Crippen molar-refractivity contribution in [1.82, 2.24) is 4.90 Å². The number of anilines is 2. The number of hydrogen-bond acceptors (Lipinski definition) is 5. The van der Waals surface area contributed by atoms with E-state index in [0.717, 1.165) is 0 Å². The van der Waals surface area contributed by atoms with Crippen molar-refractivity contribution in [1.29, 1.82) is 0 Å². The fourth-order valence-electron chi connectivity index (χ4n) is 3.78. The van der Waals surface area contributed by atoms with E-state index in [0.29, 0.717) is 34.1 Å². The van der Waals surface area contributed by atoms with Crippen molar-refractivity contribution < 1.29 is 19.1 Å². The molecule has 0 saturated carbocycles. The maximum atomic E-state index is 13.5. The summed E-state index contributed by atoms with van der Waals surface area (Å²) in [4.78, 5) is 41.2. The van der Waals surface area contributed by atoms with Crippen molar-refractivity contribution in [3.63, 3.8) is 0 Å². The second kappa shape index (κ2) is 9.57. The molecule has 1 aromatic carbocycles. The van der Waals surface area contributed by atoms with E-state index in [1.807, 2.05) is 7.05 Å². The topological polar surface area (TPSA) is 79.0 Å². The van der Waals surface area contributed by atoms with Crippen LogP contribution in [0.4, 0.5) is 11.4 Å². The first kappa shape index (κ1) is 27.0. The van der Waals surface area contributed by atoms with E-state index in [-0.39, 0.29) is 29.0 Å². The molecule has 1 saturated heterocycles. The van der Waals surface area contributed by atoms with Crippen LogP contribution < -0.4 is 10.2 Å². The number of amides is 2. The molecule has 0 bridgehead atoms. The lowest BCUT2D eigenvalue weighted by Gasteiger charge is -2.37. The molecule has 2 rings (SSSR count). The number of carbonyl (C=O) groups is 3. The first-order valence-electron chi connectivity index (χ1n) is 9.71. The van der Waals surface area contributed by atoms with Crippen LogP contribution in [0.1, 0.15) is 58.3 Å². The van der Waals surface area contributed by atoms with Gasteiger partial charge in [0.05, 0.1) is 33.2 Å². The minimum Gasteiger partial charge on any atom is -0.457 e. The highest BCUT2D eigenvalue weighted by molar-refractivity contribution is 14.1. The van der Waals surface area contributed by atoms with Gasteiger partial charge in [-0.05, 0) is 103 Å². The van der Waals surface area contributed by atoms with E-state index in [1.54, 1.807) is 7.05 Å². The molecule has 0 radical (unpaired) electrons.